The van der Waals surface area contributed by atoms with Crippen molar-refractivity contribution in [2.75, 3.05) is 5.32 Å². The summed E-state index contributed by atoms with van der Waals surface area (Å²) in [7, 11) is 0. The summed E-state index contributed by atoms with van der Waals surface area (Å²) in [6, 6.07) is 15.9. The highest BCUT2D eigenvalue weighted by Crippen LogP contribution is 2.15. The first-order valence-corrected chi connectivity index (χ1v) is 6.33. The topological polar surface area (TPSA) is 66.4 Å². The van der Waals surface area contributed by atoms with Gasteiger partial charge in [0.15, 0.2) is 0 Å². The third-order valence-corrected chi connectivity index (χ3v) is 2.70. The van der Waals surface area contributed by atoms with Gasteiger partial charge in [-0.1, -0.05) is 42.3 Å². The molecule has 0 aliphatic rings. The Morgan fingerprint density at radius 1 is 1.00 bits per heavy atom. The van der Waals surface area contributed by atoms with Crippen molar-refractivity contribution in [2.24, 2.45) is 0 Å². The number of amides is 1. The zero-order valence-electron chi connectivity index (χ0n) is 11.2. The Morgan fingerprint density at radius 3 is 2.38 bits per heavy atom. The van der Waals surface area contributed by atoms with Crippen molar-refractivity contribution in [1.29, 1.82) is 0 Å². The number of carbonyl (C=O) groups excluding carboxylic acids is 1. The summed E-state index contributed by atoms with van der Waals surface area (Å²) < 4.78 is 0. The second-order valence-corrected chi connectivity index (χ2v) is 4.30. The van der Waals surface area contributed by atoms with Crippen LogP contribution in [0.3, 0.4) is 0 Å². The van der Waals surface area contributed by atoms with E-state index in [1.54, 1.807) is 36.4 Å². The highest BCUT2D eigenvalue weighted by molar-refractivity contribution is 6.04. The van der Waals surface area contributed by atoms with Gasteiger partial charge < -0.3 is 10.4 Å². The van der Waals surface area contributed by atoms with Crippen molar-refractivity contribution in [3.8, 4) is 11.8 Å². The van der Waals surface area contributed by atoms with E-state index >= 15 is 0 Å². The molecule has 2 rings (SSSR count). The van der Waals surface area contributed by atoms with Gasteiger partial charge in [0.05, 0.1) is 6.42 Å². The maximum atomic E-state index is 11.8. The van der Waals surface area contributed by atoms with Gasteiger partial charge in [0.1, 0.15) is 0 Å². The molecule has 0 bridgehead atoms. The monoisotopic (exact) mass is 279 g/mol. The molecule has 1 amide bonds. The lowest BCUT2D eigenvalue weighted by Gasteiger charge is -2.06. The number of para-hydroxylation sites is 1. The zero-order chi connectivity index (χ0) is 15.1. The molecular formula is C17H13NO3. The van der Waals surface area contributed by atoms with Gasteiger partial charge in [-0.25, -0.2) is 0 Å². The minimum Gasteiger partial charge on any atom is -0.481 e. The van der Waals surface area contributed by atoms with E-state index < -0.39 is 11.9 Å². The zero-order valence-corrected chi connectivity index (χ0v) is 11.2. The molecule has 2 N–H and O–H groups in total. The molecule has 4 nitrogen and oxygen atoms in total. The van der Waals surface area contributed by atoms with Crippen LogP contribution in [0.15, 0.2) is 54.6 Å². The van der Waals surface area contributed by atoms with Crippen LogP contribution in [0.2, 0.25) is 0 Å². The maximum absolute atomic E-state index is 11.8. The van der Waals surface area contributed by atoms with Gasteiger partial charge in [-0.2, -0.15) is 0 Å². The third-order valence-electron chi connectivity index (χ3n) is 2.70. The highest BCUT2D eigenvalue weighted by Gasteiger charge is 2.07. The van der Waals surface area contributed by atoms with Crippen LogP contribution < -0.4 is 5.32 Å². The normalized spacial score (nSPS) is 9.33. The van der Waals surface area contributed by atoms with Crippen molar-refractivity contribution in [2.45, 2.75) is 6.42 Å². The molecule has 0 radical (unpaired) electrons. The standard InChI is InChI=1S/C17H13NO3/c19-16(11-10-13-6-2-1-3-7-13)18-15-9-5-4-8-14(15)12-17(20)21/h1-9H,12H2,(H,18,19)(H,20,21). The first-order chi connectivity index (χ1) is 10.1. The molecule has 104 valence electrons. The first-order valence-electron chi connectivity index (χ1n) is 6.33. The van der Waals surface area contributed by atoms with Gasteiger partial charge >= 0.3 is 11.9 Å². The molecule has 0 fully saturated rings. The van der Waals surface area contributed by atoms with Gasteiger partial charge in [0, 0.05) is 17.2 Å². The minimum absolute atomic E-state index is 0.150. The highest BCUT2D eigenvalue weighted by atomic mass is 16.4. The lowest BCUT2D eigenvalue weighted by molar-refractivity contribution is -0.136. The predicted molar refractivity (Wildman–Crippen MR) is 79.7 cm³/mol. The van der Waals surface area contributed by atoms with E-state index in [1.165, 1.54) is 0 Å². The predicted octanol–water partition coefficient (Wildman–Crippen LogP) is 2.30. The van der Waals surface area contributed by atoms with Gasteiger partial charge in [-0.3, -0.25) is 9.59 Å². The largest absolute Gasteiger partial charge is 0.481 e. The van der Waals surface area contributed by atoms with Gasteiger partial charge in [0.2, 0.25) is 0 Å². The second kappa shape index (κ2) is 6.92. The number of hydrogen-bond acceptors (Lipinski definition) is 2. The number of hydrogen-bond donors (Lipinski definition) is 2. The fourth-order valence-corrected chi connectivity index (χ4v) is 1.76. The maximum Gasteiger partial charge on any atom is 0.307 e. The van der Waals surface area contributed by atoms with Crippen LogP contribution in [-0.4, -0.2) is 17.0 Å². The van der Waals surface area contributed by atoms with E-state index in [0.29, 0.717) is 11.3 Å². The van der Waals surface area contributed by atoms with E-state index in [1.807, 2.05) is 18.2 Å². The SMILES string of the molecule is O=C(O)Cc1ccccc1NC(=O)C#Cc1ccccc1. The number of carboxylic acid groups (broad SMARTS) is 1. The number of benzene rings is 2. The van der Waals surface area contributed by atoms with Gasteiger partial charge in [-0.05, 0) is 23.8 Å². The quantitative estimate of drug-likeness (QED) is 0.847. The summed E-state index contributed by atoms with van der Waals surface area (Å²) >= 11 is 0. The van der Waals surface area contributed by atoms with Crippen LogP contribution in [0.5, 0.6) is 0 Å². The van der Waals surface area contributed by atoms with Gasteiger partial charge in [-0.15, -0.1) is 0 Å². The van der Waals surface area contributed by atoms with Crippen LogP contribution in [0.4, 0.5) is 5.69 Å². The summed E-state index contributed by atoms with van der Waals surface area (Å²) in [5.74, 6) is 3.80. The molecule has 4 heteroatoms. The van der Waals surface area contributed by atoms with Crippen molar-refractivity contribution in [3.63, 3.8) is 0 Å². The smallest absolute Gasteiger partial charge is 0.307 e. The second-order valence-electron chi connectivity index (χ2n) is 4.30. The number of carboxylic acids is 1. The summed E-state index contributed by atoms with van der Waals surface area (Å²) in [5.41, 5.74) is 1.75. The number of rotatable bonds is 3. The average Bonchev–Trinajstić information content (AvgIpc) is 2.48. The Bertz CT molecular complexity index is 712. The molecule has 0 aromatic heterocycles. The molecule has 0 spiro atoms. The van der Waals surface area contributed by atoms with E-state index in [9.17, 15) is 9.59 Å². The van der Waals surface area contributed by atoms with E-state index in [2.05, 4.69) is 17.2 Å². The Kier molecular flexibility index (Phi) is 4.73. The van der Waals surface area contributed by atoms with Crippen molar-refractivity contribution in [1.82, 2.24) is 0 Å². The van der Waals surface area contributed by atoms with E-state index in [0.717, 1.165) is 5.56 Å². The fraction of sp³-hybridized carbons (Fsp3) is 0.0588. The Balaban J connectivity index is 2.10. The minimum atomic E-state index is -0.952. The molecule has 0 aliphatic heterocycles. The van der Waals surface area contributed by atoms with Crippen LogP contribution >= 0.6 is 0 Å². The molecule has 2 aromatic carbocycles. The molecule has 2 aromatic rings. The van der Waals surface area contributed by atoms with Crippen LogP contribution in [-0.2, 0) is 16.0 Å². The Hall–Kier alpha value is -3.06. The number of anilines is 1. The molecule has 0 atom stereocenters. The molecule has 0 unspecified atom stereocenters. The number of nitrogens with one attached hydrogen (secondary N) is 1. The molecule has 0 heterocycles. The van der Waals surface area contributed by atoms with Crippen molar-refractivity contribution < 1.29 is 14.7 Å². The summed E-state index contributed by atoms with van der Waals surface area (Å²) in [5, 5.41) is 11.4. The summed E-state index contributed by atoms with van der Waals surface area (Å²) in [6.45, 7) is 0. The van der Waals surface area contributed by atoms with Gasteiger partial charge in [0.25, 0.3) is 0 Å². The number of aliphatic carboxylic acids is 1. The molecule has 21 heavy (non-hydrogen) atoms. The summed E-state index contributed by atoms with van der Waals surface area (Å²) in [4.78, 5) is 22.6. The molecule has 0 aliphatic carbocycles. The fourth-order valence-electron chi connectivity index (χ4n) is 1.76. The van der Waals surface area contributed by atoms with Crippen molar-refractivity contribution >= 4 is 17.6 Å². The average molecular weight is 279 g/mol. The van der Waals surface area contributed by atoms with Crippen molar-refractivity contribution in [3.05, 3.63) is 65.7 Å². The Labute approximate surface area is 122 Å². The van der Waals surface area contributed by atoms with E-state index in [-0.39, 0.29) is 6.42 Å². The van der Waals surface area contributed by atoms with Crippen LogP contribution in [0.1, 0.15) is 11.1 Å². The summed E-state index contributed by atoms with van der Waals surface area (Å²) in [6.07, 6.45) is -0.150. The lowest BCUT2D eigenvalue weighted by Crippen LogP contribution is -2.12. The molecule has 0 saturated carbocycles. The third kappa shape index (κ3) is 4.51. The number of carbonyl (C=O) groups is 2. The Morgan fingerprint density at radius 2 is 1.67 bits per heavy atom. The van der Waals surface area contributed by atoms with Crippen LogP contribution in [0.25, 0.3) is 0 Å². The molecular weight excluding hydrogens is 266 g/mol. The van der Waals surface area contributed by atoms with Crippen LogP contribution in [0, 0.1) is 11.8 Å². The first kappa shape index (κ1) is 14.4. The lowest BCUT2D eigenvalue weighted by atomic mass is 10.1. The van der Waals surface area contributed by atoms with E-state index in [4.69, 9.17) is 5.11 Å². The molecule has 0 saturated heterocycles.